The maximum absolute atomic E-state index is 11.8. The quantitative estimate of drug-likeness (QED) is 0.177. The van der Waals surface area contributed by atoms with Crippen LogP contribution < -0.4 is 0 Å². The van der Waals surface area contributed by atoms with Gasteiger partial charge >= 0.3 is 0 Å². The predicted octanol–water partition coefficient (Wildman–Crippen LogP) is 19.9. The van der Waals surface area contributed by atoms with Crippen LogP contribution in [-0.2, 0) is 10.8 Å². The summed E-state index contributed by atoms with van der Waals surface area (Å²) in [5.74, 6) is 0. The van der Waals surface area contributed by atoms with E-state index in [0.29, 0.717) is 5.56 Å². The maximum atomic E-state index is 11.8. The van der Waals surface area contributed by atoms with Gasteiger partial charge in [-0.3, -0.25) is 4.98 Å². The van der Waals surface area contributed by atoms with Crippen LogP contribution in [0.25, 0.3) is 139 Å². The van der Waals surface area contributed by atoms with Gasteiger partial charge in [0.2, 0.25) is 0 Å². The van der Waals surface area contributed by atoms with E-state index in [1.165, 1.54) is 94.1 Å². The lowest BCUT2D eigenvalue weighted by Crippen LogP contribution is -2.17. The van der Waals surface area contributed by atoms with Crippen molar-refractivity contribution in [3.8, 4) is 123 Å². The molecule has 0 spiro atoms. The van der Waals surface area contributed by atoms with Crippen molar-refractivity contribution >= 4 is 21.8 Å². The topological polar surface area (TPSA) is 41.6 Å². The number of hydrogen-bond acceptors (Lipinski definition) is 2. The molecule has 366 valence electrons. The van der Waals surface area contributed by atoms with E-state index in [1.54, 1.807) is 0 Å². The van der Waals surface area contributed by atoms with Crippen LogP contribution in [0.4, 0.5) is 0 Å². The van der Waals surface area contributed by atoms with E-state index in [-0.39, 0.29) is 10.8 Å². The van der Waals surface area contributed by atoms with Crippen LogP contribution in [0.2, 0.25) is 0 Å². The van der Waals surface area contributed by atoms with Crippen molar-refractivity contribution in [1.82, 2.24) is 9.55 Å². The van der Waals surface area contributed by atoms with Crippen molar-refractivity contribution in [3.63, 3.8) is 0 Å². The highest BCUT2D eigenvalue weighted by atomic mass is 15.0. The van der Waals surface area contributed by atoms with Crippen molar-refractivity contribution in [2.24, 2.45) is 0 Å². The Hall–Kier alpha value is -9.36. The maximum Gasteiger partial charge on any atom is 0.100 e. The zero-order chi connectivity index (χ0) is 52.3. The fraction of sp³-hybridized carbons (Fsp3) is 0.108. The fourth-order valence-corrected chi connectivity index (χ4v) is 13.3. The van der Waals surface area contributed by atoms with Gasteiger partial charge in [0, 0.05) is 44.9 Å². The summed E-state index contributed by atoms with van der Waals surface area (Å²) < 4.78 is 2.42. The van der Waals surface area contributed by atoms with Gasteiger partial charge in [0.1, 0.15) is 6.07 Å². The number of benzene rings is 10. The Morgan fingerprint density at radius 2 is 0.714 bits per heavy atom. The third kappa shape index (κ3) is 7.06. The molecule has 3 nitrogen and oxygen atoms in total. The summed E-state index contributed by atoms with van der Waals surface area (Å²) in [5, 5.41) is 14.3. The second kappa shape index (κ2) is 17.4. The zero-order valence-electron chi connectivity index (χ0n) is 44.2. The molecule has 12 aromatic rings. The van der Waals surface area contributed by atoms with Crippen molar-refractivity contribution in [2.75, 3.05) is 0 Å². The molecule has 0 saturated carbocycles. The number of aromatic nitrogens is 2. The Kier molecular flexibility index (Phi) is 10.4. The number of fused-ring (bicyclic) bond motifs is 19. The summed E-state index contributed by atoms with van der Waals surface area (Å²) in [6.45, 7) is 13.9. The summed E-state index contributed by atoms with van der Waals surface area (Å²) in [4.78, 5) is 5.08. The Morgan fingerprint density at radius 3 is 1.23 bits per heavy atom. The zero-order valence-corrected chi connectivity index (χ0v) is 44.2. The lowest BCUT2D eigenvalue weighted by atomic mass is 9.70. The van der Waals surface area contributed by atoms with Crippen molar-refractivity contribution < 1.29 is 0 Å². The summed E-state index contributed by atoms with van der Waals surface area (Å²) in [6, 6.07) is 82.7. The largest absolute Gasteiger partial charge is 0.309 e. The summed E-state index contributed by atoms with van der Waals surface area (Å²) in [5.41, 5.74) is 28.3. The summed E-state index contributed by atoms with van der Waals surface area (Å²) >= 11 is 0. The SMILES string of the molecule is CC(C)(C)c1c(-c2cccc(-c3ccc4c(c3C(C)(C)C)-c3ccccc3-c3ccccc3-c3ncccc3-4)c2C#N)ccc2c1-c1ccccc1-c1ccccc1-c1cc(-n3c4ccccc4c4ccccc43)ccc1-2. The minimum absolute atomic E-state index is 0.342. The molecule has 2 aromatic heterocycles. The normalized spacial score (nSPS) is 12.3. The first kappa shape index (κ1) is 46.2. The molecule has 10 aromatic carbocycles. The number of rotatable bonds is 3. The standard InChI is InChI=1S/C74H55N3/c1-73(2,3)70-60(51-31-19-32-52(65(51)44-75)61-41-39-59-63-33-20-42-76-72(63)62-30-14-11-24-49(62)48-23-10-13-29-57(48)69(59)71(61)74(4,5)6)40-38-58-53-37-36-45(77-66-34-17-15-26-54(66)55-27-16-18-35-67(55)77)43-64(53)50-25-8-7-21-46(50)47-22-9-12-28-56(47)68(58)70/h7-43H,1-6H3. The average Bonchev–Trinajstić information content (AvgIpc) is 3.93. The predicted molar refractivity (Wildman–Crippen MR) is 322 cm³/mol. The van der Waals surface area contributed by atoms with Gasteiger partial charge in [0.25, 0.3) is 0 Å². The number of para-hydroxylation sites is 2. The number of pyridine rings is 1. The van der Waals surface area contributed by atoms with E-state index in [1.807, 2.05) is 6.20 Å². The molecule has 14 rings (SSSR count). The molecular weight excluding hydrogens is 931 g/mol. The van der Waals surface area contributed by atoms with Gasteiger partial charge in [-0.1, -0.05) is 230 Å². The third-order valence-corrected chi connectivity index (χ3v) is 16.3. The molecule has 2 heterocycles. The molecule has 0 N–H and O–H groups in total. The van der Waals surface area contributed by atoms with Gasteiger partial charge in [-0.15, -0.1) is 0 Å². The first-order valence-corrected chi connectivity index (χ1v) is 26.8. The van der Waals surface area contributed by atoms with Crippen LogP contribution >= 0.6 is 0 Å². The van der Waals surface area contributed by atoms with E-state index < -0.39 is 0 Å². The minimum Gasteiger partial charge on any atom is -0.309 e. The Balaban J connectivity index is 1.03. The van der Waals surface area contributed by atoms with E-state index in [9.17, 15) is 5.26 Å². The highest BCUT2D eigenvalue weighted by molar-refractivity contribution is 6.11. The van der Waals surface area contributed by atoms with Gasteiger partial charge in [-0.05, 0) is 136 Å². The highest BCUT2D eigenvalue weighted by Crippen LogP contribution is 2.56. The molecule has 0 bridgehead atoms. The van der Waals surface area contributed by atoms with Crippen LogP contribution in [0.15, 0.2) is 225 Å². The van der Waals surface area contributed by atoms with E-state index in [4.69, 9.17) is 4.98 Å². The minimum atomic E-state index is -0.362. The van der Waals surface area contributed by atoms with Crippen LogP contribution in [0.5, 0.6) is 0 Å². The lowest BCUT2D eigenvalue weighted by Gasteiger charge is -2.33. The van der Waals surface area contributed by atoms with Crippen LogP contribution in [-0.4, -0.2) is 9.55 Å². The molecule has 2 aliphatic rings. The Morgan fingerprint density at radius 1 is 0.338 bits per heavy atom. The second-order valence-electron chi connectivity index (χ2n) is 22.8. The van der Waals surface area contributed by atoms with Gasteiger partial charge in [-0.2, -0.15) is 5.26 Å². The molecule has 0 aliphatic heterocycles. The van der Waals surface area contributed by atoms with Gasteiger partial charge in [0.05, 0.1) is 22.3 Å². The van der Waals surface area contributed by atoms with Crippen molar-refractivity contribution in [2.45, 2.75) is 52.4 Å². The number of nitrogens with zero attached hydrogens (tertiary/aromatic N) is 3. The van der Waals surface area contributed by atoms with E-state index >= 15 is 0 Å². The van der Waals surface area contributed by atoms with Crippen molar-refractivity contribution in [3.05, 3.63) is 241 Å². The second-order valence-corrected chi connectivity index (χ2v) is 22.8. The molecular formula is C74H55N3. The monoisotopic (exact) mass is 985 g/mol. The molecule has 3 heteroatoms. The lowest BCUT2D eigenvalue weighted by molar-refractivity contribution is 0.594. The van der Waals surface area contributed by atoms with Gasteiger partial charge < -0.3 is 4.57 Å². The van der Waals surface area contributed by atoms with Crippen LogP contribution in [0.3, 0.4) is 0 Å². The molecule has 2 aliphatic carbocycles. The van der Waals surface area contributed by atoms with Crippen LogP contribution in [0, 0.1) is 11.3 Å². The molecule has 0 atom stereocenters. The van der Waals surface area contributed by atoms with Gasteiger partial charge in [0.15, 0.2) is 0 Å². The van der Waals surface area contributed by atoms with Crippen molar-refractivity contribution in [1.29, 1.82) is 5.26 Å². The molecule has 0 amide bonds. The molecule has 0 saturated heterocycles. The molecule has 0 unspecified atom stereocenters. The Labute approximate surface area is 451 Å². The number of hydrogen-bond donors (Lipinski definition) is 0. The highest BCUT2D eigenvalue weighted by Gasteiger charge is 2.34. The smallest absolute Gasteiger partial charge is 0.100 e. The summed E-state index contributed by atoms with van der Waals surface area (Å²) in [7, 11) is 0. The van der Waals surface area contributed by atoms with Crippen LogP contribution in [0.1, 0.15) is 58.2 Å². The number of nitriles is 1. The van der Waals surface area contributed by atoms with E-state index in [2.05, 4.69) is 271 Å². The molecule has 0 radical (unpaired) electrons. The summed E-state index contributed by atoms with van der Waals surface area (Å²) in [6.07, 6.45) is 1.91. The first-order chi connectivity index (χ1) is 37.5. The fourth-order valence-electron chi connectivity index (χ4n) is 13.3. The van der Waals surface area contributed by atoms with E-state index in [0.717, 1.165) is 55.9 Å². The molecule has 77 heavy (non-hydrogen) atoms. The average molecular weight is 986 g/mol. The third-order valence-electron chi connectivity index (χ3n) is 16.3. The first-order valence-electron chi connectivity index (χ1n) is 26.8. The van der Waals surface area contributed by atoms with Gasteiger partial charge in [-0.25, -0.2) is 0 Å². The Bertz CT molecular complexity index is 4420. The molecule has 0 fully saturated rings.